The standard InChI is InChI=1S/C21H31N3O3S/c1-17-4-3-5-18(12-17)14-22-6-8-23(9-7-22)20(25)15-24-10-11-28-16-19(24)13-21(26)27-2/h3-5,12,19H,6-11,13-16H2,1-2H3/t19-/m1/s1. The van der Waals surface area contributed by atoms with Crippen LogP contribution in [-0.4, -0.2) is 90.5 Å². The molecule has 2 heterocycles. The van der Waals surface area contributed by atoms with Crippen molar-refractivity contribution in [2.24, 2.45) is 0 Å². The normalized spacial score (nSPS) is 21.5. The van der Waals surface area contributed by atoms with E-state index in [0.717, 1.165) is 50.8 Å². The molecule has 0 saturated carbocycles. The largest absolute Gasteiger partial charge is 0.469 e. The minimum atomic E-state index is -0.199. The van der Waals surface area contributed by atoms with Crippen molar-refractivity contribution in [3.63, 3.8) is 0 Å². The zero-order valence-electron chi connectivity index (χ0n) is 16.9. The number of aryl methyl sites for hydroxylation is 1. The lowest BCUT2D eigenvalue weighted by Gasteiger charge is -2.38. The molecule has 2 fully saturated rings. The van der Waals surface area contributed by atoms with Crippen molar-refractivity contribution >= 4 is 23.6 Å². The van der Waals surface area contributed by atoms with Crippen LogP contribution >= 0.6 is 11.8 Å². The molecular formula is C21H31N3O3S. The summed E-state index contributed by atoms with van der Waals surface area (Å²) in [6.07, 6.45) is 0.362. The molecule has 2 saturated heterocycles. The molecule has 0 N–H and O–H groups in total. The number of rotatable bonds is 6. The fourth-order valence-electron chi connectivity index (χ4n) is 3.86. The summed E-state index contributed by atoms with van der Waals surface area (Å²) in [6.45, 7) is 7.67. The second-order valence-electron chi connectivity index (χ2n) is 7.63. The third kappa shape index (κ3) is 5.96. The molecule has 6 nitrogen and oxygen atoms in total. The van der Waals surface area contributed by atoms with Gasteiger partial charge in [-0.2, -0.15) is 11.8 Å². The van der Waals surface area contributed by atoms with Gasteiger partial charge in [0.25, 0.3) is 0 Å². The van der Waals surface area contributed by atoms with Gasteiger partial charge < -0.3 is 9.64 Å². The van der Waals surface area contributed by atoms with Gasteiger partial charge in [0.05, 0.1) is 20.1 Å². The first-order chi connectivity index (χ1) is 13.5. The third-order valence-electron chi connectivity index (χ3n) is 5.53. The number of nitrogens with zero attached hydrogens (tertiary/aromatic N) is 3. The smallest absolute Gasteiger partial charge is 0.307 e. The predicted molar refractivity (Wildman–Crippen MR) is 112 cm³/mol. The Balaban J connectivity index is 1.47. The minimum Gasteiger partial charge on any atom is -0.469 e. The van der Waals surface area contributed by atoms with Crippen molar-refractivity contribution in [1.82, 2.24) is 14.7 Å². The molecule has 2 aliphatic rings. The number of carbonyl (C=O) groups is 2. The van der Waals surface area contributed by atoms with E-state index in [-0.39, 0.29) is 17.9 Å². The Hall–Kier alpha value is -1.57. The van der Waals surface area contributed by atoms with Gasteiger partial charge in [-0.3, -0.25) is 19.4 Å². The lowest BCUT2D eigenvalue weighted by Crippen LogP contribution is -2.53. The summed E-state index contributed by atoms with van der Waals surface area (Å²) < 4.78 is 4.81. The second kappa shape index (κ2) is 10.3. The van der Waals surface area contributed by atoms with Gasteiger partial charge in [-0.25, -0.2) is 0 Å². The summed E-state index contributed by atoms with van der Waals surface area (Å²) in [4.78, 5) is 31.0. The molecular weight excluding hydrogens is 374 g/mol. The quantitative estimate of drug-likeness (QED) is 0.671. The van der Waals surface area contributed by atoms with Crippen molar-refractivity contribution in [3.05, 3.63) is 35.4 Å². The number of hydrogen-bond acceptors (Lipinski definition) is 6. The maximum absolute atomic E-state index is 12.8. The molecule has 3 rings (SSSR count). The van der Waals surface area contributed by atoms with Gasteiger partial charge in [0, 0.05) is 56.8 Å². The van der Waals surface area contributed by atoms with Crippen LogP contribution in [0.1, 0.15) is 17.5 Å². The molecule has 0 unspecified atom stereocenters. The molecule has 2 aliphatic heterocycles. The molecule has 0 spiro atoms. The Kier molecular flexibility index (Phi) is 7.76. The highest BCUT2D eigenvalue weighted by atomic mass is 32.2. The summed E-state index contributed by atoms with van der Waals surface area (Å²) in [6, 6.07) is 8.71. The Bertz CT molecular complexity index is 677. The number of carbonyl (C=O) groups excluding carboxylic acids is 2. The monoisotopic (exact) mass is 405 g/mol. The average molecular weight is 406 g/mol. The minimum absolute atomic E-state index is 0.0951. The lowest BCUT2D eigenvalue weighted by molar-refractivity contribution is -0.143. The summed E-state index contributed by atoms with van der Waals surface area (Å²) in [7, 11) is 1.42. The summed E-state index contributed by atoms with van der Waals surface area (Å²) >= 11 is 1.84. The van der Waals surface area contributed by atoms with Gasteiger partial charge in [-0.1, -0.05) is 29.8 Å². The topological polar surface area (TPSA) is 53.1 Å². The van der Waals surface area contributed by atoms with Crippen LogP contribution in [0.15, 0.2) is 24.3 Å². The van der Waals surface area contributed by atoms with Gasteiger partial charge >= 0.3 is 5.97 Å². The number of benzene rings is 1. The van der Waals surface area contributed by atoms with Crippen LogP contribution in [0.5, 0.6) is 0 Å². The zero-order valence-corrected chi connectivity index (χ0v) is 17.7. The van der Waals surface area contributed by atoms with E-state index in [1.807, 2.05) is 16.7 Å². The van der Waals surface area contributed by atoms with E-state index in [4.69, 9.17) is 4.74 Å². The maximum atomic E-state index is 12.8. The fourth-order valence-corrected chi connectivity index (χ4v) is 4.99. The van der Waals surface area contributed by atoms with Gasteiger partial charge in [0.15, 0.2) is 0 Å². The van der Waals surface area contributed by atoms with E-state index in [0.29, 0.717) is 13.0 Å². The van der Waals surface area contributed by atoms with Crippen LogP contribution in [0, 0.1) is 6.92 Å². The first-order valence-corrected chi connectivity index (χ1v) is 11.1. The number of methoxy groups -OCH3 is 1. The Morgan fingerprint density at radius 3 is 2.68 bits per heavy atom. The highest BCUT2D eigenvalue weighted by Gasteiger charge is 2.29. The SMILES string of the molecule is COC(=O)C[C@@H]1CSCCN1CC(=O)N1CCN(Cc2cccc(C)c2)CC1. The van der Waals surface area contributed by atoms with Crippen LogP contribution in [0.3, 0.4) is 0 Å². The van der Waals surface area contributed by atoms with Gasteiger partial charge in [0.1, 0.15) is 0 Å². The Morgan fingerprint density at radius 1 is 1.18 bits per heavy atom. The highest BCUT2D eigenvalue weighted by Crippen LogP contribution is 2.20. The van der Waals surface area contributed by atoms with Crippen LogP contribution in [0.4, 0.5) is 0 Å². The van der Waals surface area contributed by atoms with E-state index >= 15 is 0 Å². The number of piperazine rings is 1. The van der Waals surface area contributed by atoms with Crippen molar-refractivity contribution in [2.75, 3.05) is 57.9 Å². The molecule has 7 heteroatoms. The van der Waals surface area contributed by atoms with Gasteiger partial charge in [0.2, 0.25) is 5.91 Å². The number of amides is 1. The molecule has 0 aliphatic carbocycles. The molecule has 0 radical (unpaired) electrons. The summed E-state index contributed by atoms with van der Waals surface area (Å²) in [5, 5.41) is 0. The molecule has 1 atom stereocenters. The number of hydrogen-bond donors (Lipinski definition) is 0. The molecule has 28 heavy (non-hydrogen) atoms. The van der Waals surface area contributed by atoms with Crippen LogP contribution in [-0.2, 0) is 20.9 Å². The van der Waals surface area contributed by atoms with Crippen LogP contribution in [0.25, 0.3) is 0 Å². The predicted octanol–water partition coefficient (Wildman–Crippen LogP) is 1.62. The van der Waals surface area contributed by atoms with Crippen LogP contribution in [0.2, 0.25) is 0 Å². The van der Waals surface area contributed by atoms with E-state index in [9.17, 15) is 9.59 Å². The van der Waals surface area contributed by atoms with Crippen molar-refractivity contribution in [1.29, 1.82) is 0 Å². The van der Waals surface area contributed by atoms with Gasteiger partial charge in [-0.15, -0.1) is 0 Å². The first-order valence-electron chi connectivity index (χ1n) is 9.99. The van der Waals surface area contributed by atoms with E-state index < -0.39 is 0 Å². The molecule has 0 bridgehead atoms. The van der Waals surface area contributed by atoms with E-state index in [1.54, 1.807) is 0 Å². The lowest BCUT2D eigenvalue weighted by atomic mass is 10.1. The molecule has 1 amide bonds. The average Bonchev–Trinajstić information content (AvgIpc) is 2.70. The van der Waals surface area contributed by atoms with E-state index in [1.165, 1.54) is 18.2 Å². The highest BCUT2D eigenvalue weighted by molar-refractivity contribution is 7.99. The summed E-state index contributed by atoms with van der Waals surface area (Å²) in [5.74, 6) is 1.87. The maximum Gasteiger partial charge on any atom is 0.307 e. The second-order valence-corrected chi connectivity index (χ2v) is 8.78. The number of ether oxygens (including phenoxy) is 1. The van der Waals surface area contributed by atoms with E-state index in [2.05, 4.69) is 41.0 Å². The third-order valence-corrected chi connectivity index (χ3v) is 6.62. The molecule has 154 valence electrons. The Morgan fingerprint density at radius 2 is 1.96 bits per heavy atom. The first kappa shape index (κ1) is 21.1. The molecule has 0 aromatic heterocycles. The Labute approximate surface area is 172 Å². The van der Waals surface area contributed by atoms with Crippen molar-refractivity contribution < 1.29 is 14.3 Å². The van der Waals surface area contributed by atoms with Crippen molar-refractivity contribution in [2.45, 2.75) is 25.9 Å². The molecule has 1 aromatic carbocycles. The van der Waals surface area contributed by atoms with Gasteiger partial charge in [-0.05, 0) is 12.5 Å². The fraction of sp³-hybridized carbons (Fsp3) is 0.619. The zero-order chi connectivity index (χ0) is 19.9. The number of thioether (sulfide) groups is 1. The van der Waals surface area contributed by atoms with Crippen molar-refractivity contribution in [3.8, 4) is 0 Å². The van der Waals surface area contributed by atoms with Crippen LogP contribution < -0.4 is 0 Å². The summed E-state index contributed by atoms with van der Waals surface area (Å²) in [5.41, 5.74) is 2.61. The molecule has 1 aromatic rings. The number of esters is 1.